The summed E-state index contributed by atoms with van der Waals surface area (Å²) in [6, 6.07) is 6.83. The Hall–Kier alpha value is -1.38. The maximum atomic E-state index is 14.2. The number of hydrogen-bond donors (Lipinski definition) is 1. The first-order chi connectivity index (χ1) is 6.85. The van der Waals surface area contributed by atoms with Crippen LogP contribution in [0.4, 0.5) is 4.39 Å². The molecule has 0 aliphatic rings. The maximum absolute atomic E-state index is 14.2. The Morgan fingerprint density at radius 2 is 1.87 bits per heavy atom. The topological polar surface area (TPSA) is 37.3 Å². The first-order valence-corrected chi connectivity index (χ1v) is 4.84. The second-order valence-electron chi connectivity index (χ2n) is 4.00. The van der Waals surface area contributed by atoms with Crippen molar-refractivity contribution in [3.8, 4) is 0 Å². The fourth-order valence-electron chi connectivity index (χ4n) is 1.36. The van der Waals surface area contributed by atoms with Crippen molar-refractivity contribution in [2.45, 2.75) is 26.4 Å². The molecule has 1 aromatic carbocycles. The number of rotatable bonds is 3. The molecule has 2 atom stereocenters. The van der Waals surface area contributed by atoms with Crippen LogP contribution in [0.3, 0.4) is 0 Å². The van der Waals surface area contributed by atoms with Gasteiger partial charge in [0.2, 0.25) is 0 Å². The van der Waals surface area contributed by atoms with Gasteiger partial charge in [-0.05, 0) is 26.3 Å². The molecule has 0 saturated carbocycles. The summed E-state index contributed by atoms with van der Waals surface area (Å²) in [6.07, 6.45) is 0. The van der Waals surface area contributed by atoms with Crippen molar-refractivity contribution < 1.29 is 14.3 Å². The van der Waals surface area contributed by atoms with Crippen LogP contribution in [0.25, 0.3) is 0 Å². The highest BCUT2D eigenvalue weighted by Crippen LogP contribution is 2.33. The quantitative estimate of drug-likeness (QED) is 0.832. The van der Waals surface area contributed by atoms with Gasteiger partial charge in [-0.1, -0.05) is 29.8 Å². The van der Waals surface area contributed by atoms with Gasteiger partial charge < -0.3 is 5.11 Å². The highest BCUT2D eigenvalue weighted by molar-refractivity contribution is 5.71. The molecule has 15 heavy (non-hydrogen) atoms. The van der Waals surface area contributed by atoms with Crippen LogP contribution < -0.4 is 0 Å². The Morgan fingerprint density at radius 1 is 1.40 bits per heavy atom. The number of carboxylic acid groups (broad SMARTS) is 1. The summed E-state index contributed by atoms with van der Waals surface area (Å²) >= 11 is 0. The zero-order chi connectivity index (χ0) is 11.6. The van der Waals surface area contributed by atoms with Crippen molar-refractivity contribution >= 4 is 5.97 Å². The molecule has 0 saturated heterocycles. The van der Waals surface area contributed by atoms with E-state index in [4.69, 9.17) is 5.11 Å². The van der Waals surface area contributed by atoms with Gasteiger partial charge in [0.25, 0.3) is 0 Å². The Balaban J connectivity index is 3.05. The van der Waals surface area contributed by atoms with E-state index in [1.165, 1.54) is 13.8 Å². The van der Waals surface area contributed by atoms with Crippen molar-refractivity contribution in [3.63, 3.8) is 0 Å². The summed E-state index contributed by atoms with van der Waals surface area (Å²) in [4.78, 5) is 10.7. The SMILES string of the molecule is Cc1ccc(C(C)(F)C(C)C(=O)O)cc1. The van der Waals surface area contributed by atoms with E-state index in [2.05, 4.69) is 0 Å². The Morgan fingerprint density at radius 3 is 2.27 bits per heavy atom. The van der Waals surface area contributed by atoms with Crippen LogP contribution in [0.5, 0.6) is 0 Å². The molecule has 82 valence electrons. The van der Waals surface area contributed by atoms with Gasteiger partial charge in [-0.2, -0.15) is 0 Å². The lowest BCUT2D eigenvalue weighted by Crippen LogP contribution is -2.31. The predicted molar refractivity (Wildman–Crippen MR) is 56.4 cm³/mol. The van der Waals surface area contributed by atoms with E-state index in [1.54, 1.807) is 24.3 Å². The molecule has 2 nitrogen and oxygen atoms in total. The number of halogens is 1. The average molecular weight is 210 g/mol. The molecule has 1 aromatic rings. The van der Waals surface area contributed by atoms with E-state index in [-0.39, 0.29) is 0 Å². The lowest BCUT2D eigenvalue weighted by molar-refractivity contribution is -0.146. The average Bonchev–Trinajstić information content (AvgIpc) is 2.17. The summed E-state index contributed by atoms with van der Waals surface area (Å²) in [5, 5.41) is 8.79. The molecule has 1 rings (SSSR count). The standard InChI is InChI=1S/C12H15FO2/c1-8-4-6-10(7-5-8)12(3,13)9(2)11(14)15/h4-7,9H,1-3H3,(H,14,15). The van der Waals surface area contributed by atoms with Gasteiger partial charge in [0.15, 0.2) is 0 Å². The summed E-state index contributed by atoms with van der Waals surface area (Å²) < 4.78 is 14.2. The largest absolute Gasteiger partial charge is 0.481 e. The third-order valence-electron chi connectivity index (χ3n) is 2.80. The molecule has 3 heteroatoms. The van der Waals surface area contributed by atoms with Gasteiger partial charge in [0, 0.05) is 0 Å². The molecule has 0 aliphatic heterocycles. The fraction of sp³-hybridized carbons (Fsp3) is 0.417. The number of carbonyl (C=O) groups is 1. The van der Waals surface area contributed by atoms with Gasteiger partial charge in [-0.3, -0.25) is 4.79 Å². The third-order valence-corrected chi connectivity index (χ3v) is 2.80. The van der Waals surface area contributed by atoms with Crippen LogP contribution in [0.1, 0.15) is 25.0 Å². The van der Waals surface area contributed by atoms with Gasteiger partial charge in [0.05, 0.1) is 5.92 Å². The Labute approximate surface area is 88.7 Å². The molecule has 0 heterocycles. The second-order valence-corrected chi connectivity index (χ2v) is 4.00. The minimum atomic E-state index is -1.83. The fourth-order valence-corrected chi connectivity index (χ4v) is 1.36. The van der Waals surface area contributed by atoms with Crippen molar-refractivity contribution in [1.29, 1.82) is 0 Å². The molecule has 0 fully saturated rings. The van der Waals surface area contributed by atoms with Gasteiger partial charge in [-0.15, -0.1) is 0 Å². The lowest BCUT2D eigenvalue weighted by Gasteiger charge is -2.25. The molecular formula is C12H15FO2. The molecule has 0 amide bonds. The highest BCUT2D eigenvalue weighted by atomic mass is 19.1. The third kappa shape index (κ3) is 2.35. The van der Waals surface area contributed by atoms with E-state index in [0.29, 0.717) is 5.56 Å². The Bertz CT molecular complexity index is 354. The van der Waals surface area contributed by atoms with Crippen LogP contribution in [-0.4, -0.2) is 11.1 Å². The van der Waals surface area contributed by atoms with Crippen LogP contribution in [0.2, 0.25) is 0 Å². The number of carboxylic acids is 1. The molecule has 0 bridgehead atoms. The highest BCUT2D eigenvalue weighted by Gasteiger charge is 2.37. The molecular weight excluding hydrogens is 195 g/mol. The molecule has 1 N–H and O–H groups in total. The summed E-state index contributed by atoms with van der Waals surface area (Å²) in [5.41, 5.74) is -0.403. The van der Waals surface area contributed by atoms with Gasteiger partial charge in [0.1, 0.15) is 5.67 Å². The van der Waals surface area contributed by atoms with Crippen molar-refractivity contribution in [1.82, 2.24) is 0 Å². The van der Waals surface area contributed by atoms with E-state index in [1.807, 2.05) is 6.92 Å². The van der Waals surface area contributed by atoms with E-state index >= 15 is 0 Å². The van der Waals surface area contributed by atoms with Gasteiger partial charge in [-0.25, -0.2) is 4.39 Å². The van der Waals surface area contributed by atoms with Crippen molar-refractivity contribution in [2.24, 2.45) is 5.92 Å². The number of benzene rings is 1. The molecule has 0 spiro atoms. The van der Waals surface area contributed by atoms with E-state index < -0.39 is 17.6 Å². The number of aliphatic carboxylic acids is 1. The zero-order valence-corrected chi connectivity index (χ0v) is 9.12. The van der Waals surface area contributed by atoms with Crippen LogP contribution >= 0.6 is 0 Å². The number of hydrogen-bond acceptors (Lipinski definition) is 1. The van der Waals surface area contributed by atoms with Crippen LogP contribution in [0.15, 0.2) is 24.3 Å². The maximum Gasteiger partial charge on any atom is 0.309 e. The minimum Gasteiger partial charge on any atom is -0.481 e. The van der Waals surface area contributed by atoms with Crippen LogP contribution in [0, 0.1) is 12.8 Å². The lowest BCUT2D eigenvalue weighted by atomic mass is 9.85. The summed E-state index contributed by atoms with van der Waals surface area (Å²) in [5.74, 6) is -2.18. The predicted octanol–water partition coefficient (Wildman–Crippen LogP) is 2.90. The summed E-state index contributed by atoms with van der Waals surface area (Å²) in [6.45, 7) is 4.58. The summed E-state index contributed by atoms with van der Waals surface area (Å²) in [7, 11) is 0. The Kier molecular flexibility index (Phi) is 3.12. The van der Waals surface area contributed by atoms with Crippen molar-refractivity contribution in [3.05, 3.63) is 35.4 Å². The van der Waals surface area contributed by atoms with E-state index in [9.17, 15) is 9.18 Å². The molecule has 2 unspecified atom stereocenters. The molecule has 0 aromatic heterocycles. The zero-order valence-electron chi connectivity index (χ0n) is 9.12. The normalized spacial score (nSPS) is 16.8. The number of aryl methyl sites for hydroxylation is 1. The van der Waals surface area contributed by atoms with Crippen LogP contribution in [-0.2, 0) is 10.5 Å². The second kappa shape index (κ2) is 4.01. The minimum absolute atomic E-state index is 0.406. The first-order valence-electron chi connectivity index (χ1n) is 4.84. The number of alkyl halides is 1. The van der Waals surface area contributed by atoms with Gasteiger partial charge >= 0.3 is 5.97 Å². The molecule has 0 aliphatic carbocycles. The van der Waals surface area contributed by atoms with E-state index in [0.717, 1.165) is 5.56 Å². The monoisotopic (exact) mass is 210 g/mol. The molecule has 0 radical (unpaired) electrons. The first kappa shape index (κ1) is 11.7. The van der Waals surface area contributed by atoms with Crippen molar-refractivity contribution in [2.75, 3.05) is 0 Å². The smallest absolute Gasteiger partial charge is 0.309 e.